The molecule has 138 valence electrons. The minimum Gasteiger partial charge on any atom is -0.480 e. The lowest BCUT2D eigenvalue weighted by Gasteiger charge is -2.32. The Kier molecular flexibility index (Phi) is 9.91. The van der Waals surface area contributed by atoms with Crippen LogP contribution in [0.3, 0.4) is 0 Å². The molecule has 0 aromatic carbocycles. The summed E-state index contributed by atoms with van der Waals surface area (Å²) in [6.07, 6.45) is 3.03. The van der Waals surface area contributed by atoms with E-state index in [2.05, 4.69) is 6.92 Å². The lowest BCUT2D eigenvalue weighted by Crippen LogP contribution is -2.59. The second-order valence-corrected chi connectivity index (χ2v) is 7.76. The van der Waals surface area contributed by atoms with Gasteiger partial charge < -0.3 is 15.3 Å². The van der Waals surface area contributed by atoms with Gasteiger partial charge >= 0.3 is 5.97 Å². The molecular weight excluding hydrogens is 324 g/mol. The Morgan fingerprint density at radius 1 is 1.00 bits per heavy atom. The zero-order valence-electron chi connectivity index (χ0n) is 13.9. The third kappa shape index (κ3) is 6.37. The van der Waals surface area contributed by atoms with Crippen LogP contribution in [0.2, 0.25) is 0 Å². The summed E-state index contributed by atoms with van der Waals surface area (Å²) in [5.41, 5.74) is 0. The predicted octanol–water partition coefficient (Wildman–Crippen LogP) is 1.97. The monoisotopic (exact) mass is 354 g/mol. The van der Waals surface area contributed by atoms with Crippen molar-refractivity contribution in [2.75, 3.05) is 0 Å². The summed E-state index contributed by atoms with van der Waals surface area (Å²) in [7, 11) is -5.08. The molecule has 4 N–H and O–H groups in total. The fourth-order valence-electron chi connectivity index (χ4n) is 2.68. The molecule has 0 aliphatic rings. The first-order valence-electron chi connectivity index (χ1n) is 8.17. The van der Waals surface area contributed by atoms with Crippen LogP contribution in [0.15, 0.2) is 0 Å². The average Bonchev–Trinajstić information content (AvgIpc) is 2.43. The van der Waals surface area contributed by atoms with E-state index in [1.54, 1.807) is 0 Å². The third-order valence-electron chi connectivity index (χ3n) is 4.16. The normalized spacial score (nSPS) is 17.4. The highest BCUT2D eigenvalue weighted by molar-refractivity contribution is 7.88. The average molecular weight is 354 g/mol. The molecule has 3 atom stereocenters. The largest absolute Gasteiger partial charge is 0.480 e. The number of carbonyl (C=O) groups is 1. The highest BCUT2D eigenvalue weighted by Crippen LogP contribution is 2.31. The number of rotatable bonds is 13. The van der Waals surface area contributed by atoms with E-state index >= 15 is 0 Å². The van der Waals surface area contributed by atoms with Crippen LogP contribution < -0.4 is 0 Å². The van der Waals surface area contributed by atoms with Gasteiger partial charge in [-0.05, 0) is 13.3 Å². The van der Waals surface area contributed by atoms with E-state index in [9.17, 15) is 33.1 Å². The zero-order chi connectivity index (χ0) is 18.1. The summed E-state index contributed by atoms with van der Waals surface area (Å²) in [5, 5.41) is 28.5. The standard InChI is InChI=1S/C15H30O7S/c1-3-4-5-6-7-8-9-10-11-15(14(18)19,23(20,21)22)13(17)12(2)16/h12-13,16-17H,3-11H2,1-2H3,(H,18,19)(H,20,21,22). The molecule has 0 aromatic rings. The van der Waals surface area contributed by atoms with Crippen LogP contribution in [0.1, 0.15) is 71.6 Å². The Labute approximate surface area is 138 Å². The van der Waals surface area contributed by atoms with Crippen LogP contribution in [0.5, 0.6) is 0 Å². The summed E-state index contributed by atoms with van der Waals surface area (Å²) >= 11 is 0. The second-order valence-electron chi connectivity index (χ2n) is 6.08. The first-order valence-corrected chi connectivity index (χ1v) is 9.61. The van der Waals surface area contributed by atoms with Crippen molar-refractivity contribution in [2.24, 2.45) is 0 Å². The van der Waals surface area contributed by atoms with Gasteiger partial charge in [-0.3, -0.25) is 9.35 Å². The Morgan fingerprint density at radius 3 is 1.78 bits per heavy atom. The lowest BCUT2D eigenvalue weighted by molar-refractivity contribution is -0.146. The Bertz CT molecular complexity index is 447. The summed E-state index contributed by atoms with van der Waals surface area (Å²) < 4.78 is 29.7. The molecule has 7 nitrogen and oxygen atoms in total. The third-order valence-corrected chi connectivity index (χ3v) is 5.70. The van der Waals surface area contributed by atoms with Crippen molar-refractivity contribution in [3.05, 3.63) is 0 Å². The number of unbranched alkanes of at least 4 members (excludes halogenated alkanes) is 7. The minimum atomic E-state index is -5.08. The molecule has 0 rings (SSSR count). The SMILES string of the molecule is CCCCCCCCCCC(C(=O)O)(C(O)C(C)O)S(=O)(=O)O. The molecule has 23 heavy (non-hydrogen) atoms. The molecule has 3 unspecified atom stereocenters. The van der Waals surface area contributed by atoms with Crippen molar-refractivity contribution in [2.45, 2.75) is 88.6 Å². The van der Waals surface area contributed by atoms with Crippen LogP contribution in [-0.4, -0.2) is 51.2 Å². The van der Waals surface area contributed by atoms with Crippen molar-refractivity contribution < 1.29 is 33.1 Å². The van der Waals surface area contributed by atoms with Gasteiger partial charge in [0, 0.05) is 0 Å². The maximum absolute atomic E-state index is 11.6. The second kappa shape index (κ2) is 10.2. The molecule has 0 saturated heterocycles. The van der Waals surface area contributed by atoms with E-state index in [1.165, 1.54) is 6.42 Å². The van der Waals surface area contributed by atoms with Crippen molar-refractivity contribution in [3.8, 4) is 0 Å². The summed E-state index contributed by atoms with van der Waals surface area (Å²) in [5.74, 6) is -1.85. The van der Waals surface area contributed by atoms with Gasteiger partial charge in [-0.1, -0.05) is 58.3 Å². The van der Waals surface area contributed by atoms with Crippen LogP contribution in [0, 0.1) is 0 Å². The number of hydrogen-bond donors (Lipinski definition) is 4. The summed E-state index contributed by atoms with van der Waals surface area (Å²) in [6, 6.07) is 0. The van der Waals surface area contributed by atoms with Gasteiger partial charge in [0.25, 0.3) is 10.1 Å². The molecule has 0 aliphatic carbocycles. The molecule has 0 saturated carbocycles. The van der Waals surface area contributed by atoms with E-state index in [-0.39, 0.29) is 6.42 Å². The van der Waals surface area contributed by atoms with Gasteiger partial charge in [-0.2, -0.15) is 8.42 Å². The molecule has 8 heteroatoms. The molecule has 0 amide bonds. The van der Waals surface area contributed by atoms with Crippen LogP contribution >= 0.6 is 0 Å². The number of aliphatic hydroxyl groups excluding tert-OH is 2. The number of aliphatic hydroxyl groups is 2. The maximum Gasteiger partial charge on any atom is 0.330 e. The smallest absolute Gasteiger partial charge is 0.330 e. The lowest BCUT2D eigenvalue weighted by atomic mass is 9.91. The van der Waals surface area contributed by atoms with Crippen LogP contribution in [-0.2, 0) is 14.9 Å². The Balaban J connectivity index is 4.71. The van der Waals surface area contributed by atoms with Crippen molar-refractivity contribution >= 4 is 16.1 Å². The minimum absolute atomic E-state index is 0.226. The van der Waals surface area contributed by atoms with Crippen molar-refractivity contribution in [1.29, 1.82) is 0 Å². The van der Waals surface area contributed by atoms with Gasteiger partial charge in [0.1, 0.15) is 6.10 Å². The zero-order valence-corrected chi connectivity index (χ0v) is 14.8. The van der Waals surface area contributed by atoms with Crippen molar-refractivity contribution in [1.82, 2.24) is 0 Å². The molecule has 0 radical (unpaired) electrons. The van der Waals surface area contributed by atoms with E-state index in [4.69, 9.17) is 0 Å². The number of hydrogen-bond acceptors (Lipinski definition) is 5. The van der Waals surface area contributed by atoms with Gasteiger partial charge in [0.2, 0.25) is 4.75 Å². The van der Waals surface area contributed by atoms with E-state index in [0.717, 1.165) is 39.0 Å². The molecule has 0 bridgehead atoms. The summed E-state index contributed by atoms with van der Waals surface area (Å²) in [6.45, 7) is 3.20. The molecule has 0 fully saturated rings. The quantitative estimate of drug-likeness (QED) is 0.293. The van der Waals surface area contributed by atoms with Gasteiger partial charge in [-0.15, -0.1) is 0 Å². The van der Waals surface area contributed by atoms with Crippen molar-refractivity contribution in [3.63, 3.8) is 0 Å². The maximum atomic E-state index is 11.6. The first-order chi connectivity index (χ1) is 10.6. The van der Waals surface area contributed by atoms with Gasteiger partial charge in [0.05, 0.1) is 6.10 Å². The van der Waals surface area contributed by atoms with Crippen LogP contribution in [0.25, 0.3) is 0 Å². The molecule has 0 aromatic heterocycles. The Hall–Kier alpha value is -0.700. The van der Waals surface area contributed by atoms with E-state index in [1.807, 2.05) is 0 Å². The predicted molar refractivity (Wildman–Crippen MR) is 86.8 cm³/mol. The van der Waals surface area contributed by atoms with Crippen LogP contribution in [0.4, 0.5) is 0 Å². The molecule has 0 aliphatic heterocycles. The van der Waals surface area contributed by atoms with E-state index < -0.39 is 39.5 Å². The highest BCUT2D eigenvalue weighted by Gasteiger charge is 2.57. The molecule has 0 spiro atoms. The fourth-order valence-corrected chi connectivity index (χ4v) is 3.81. The molecule has 0 heterocycles. The number of carboxylic acids is 1. The first kappa shape index (κ1) is 22.3. The fraction of sp³-hybridized carbons (Fsp3) is 0.933. The topological polar surface area (TPSA) is 132 Å². The Morgan fingerprint density at radius 2 is 1.43 bits per heavy atom. The van der Waals surface area contributed by atoms with Gasteiger partial charge in [0.15, 0.2) is 0 Å². The molecular formula is C15H30O7S. The van der Waals surface area contributed by atoms with E-state index in [0.29, 0.717) is 6.42 Å². The summed E-state index contributed by atoms with van der Waals surface area (Å²) in [4.78, 5) is 11.4. The highest BCUT2D eigenvalue weighted by atomic mass is 32.2. The number of aliphatic carboxylic acids is 1. The number of carboxylic acid groups (broad SMARTS) is 1. The van der Waals surface area contributed by atoms with Gasteiger partial charge in [-0.25, -0.2) is 0 Å².